The Bertz CT molecular complexity index is 618. The Morgan fingerprint density at radius 1 is 1.42 bits per heavy atom. The highest BCUT2D eigenvalue weighted by Crippen LogP contribution is 2.08. The van der Waals surface area contributed by atoms with E-state index in [-0.39, 0.29) is 12.5 Å². The molecule has 24 heavy (non-hydrogen) atoms. The number of nitrogens with one attached hydrogen (secondary N) is 2. The molecular formula is C15H23N5O4. The van der Waals surface area contributed by atoms with Crippen LogP contribution in [0.3, 0.4) is 0 Å². The van der Waals surface area contributed by atoms with Gasteiger partial charge < -0.3 is 14.8 Å². The van der Waals surface area contributed by atoms with Gasteiger partial charge in [-0.2, -0.15) is 0 Å². The van der Waals surface area contributed by atoms with Gasteiger partial charge in [-0.1, -0.05) is 6.08 Å². The minimum atomic E-state index is -0.559. The molecule has 0 unspecified atom stereocenters. The molecule has 0 fully saturated rings. The summed E-state index contributed by atoms with van der Waals surface area (Å²) in [5.41, 5.74) is 0.468. The molecule has 0 aliphatic carbocycles. The minimum absolute atomic E-state index is 0.0716. The summed E-state index contributed by atoms with van der Waals surface area (Å²) in [5, 5.41) is 9.22. The van der Waals surface area contributed by atoms with E-state index in [4.69, 9.17) is 9.47 Å². The number of anilines is 1. The van der Waals surface area contributed by atoms with E-state index < -0.39 is 17.6 Å². The van der Waals surface area contributed by atoms with Crippen LogP contribution in [0, 0.1) is 0 Å². The largest absolute Gasteiger partial charge is 0.459 e. The molecule has 1 aromatic heterocycles. The molecule has 2 amide bonds. The van der Waals surface area contributed by atoms with Crippen molar-refractivity contribution in [3.05, 3.63) is 18.0 Å². The number of ether oxygens (including phenoxy) is 2. The minimum Gasteiger partial charge on any atom is -0.459 e. The second-order valence-corrected chi connectivity index (χ2v) is 6.36. The first-order chi connectivity index (χ1) is 11.3. The molecule has 132 valence electrons. The molecule has 2 N–H and O–H groups in total. The highest BCUT2D eigenvalue weighted by Gasteiger charge is 2.17. The normalized spacial score (nSPS) is 14.7. The van der Waals surface area contributed by atoms with Gasteiger partial charge in [-0.3, -0.25) is 10.1 Å². The summed E-state index contributed by atoms with van der Waals surface area (Å²) in [5.74, 6) is -0.308. The molecule has 9 nitrogen and oxygen atoms in total. The number of amides is 2. The molecule has 0 saturated carbocycles. The SMILES string of the molecule is CC(C)(C)OC(=O)Cn1cnc(NC(=O)NCC2=CCCOC2)n1. The number of carbonyl (C=O) groups excluding carboxylic acids is 2. The van der Waals surface area contributed by atoms with Gasteiger partial charge in [0.25, 0.3) is 0 Å². The Labute approximate surface area is 140 Å². The van der Waals surface area contributed by atoms with Crippen LogP contribution in [-0.4, -0.2) is 52.1 Å². The van der Waals surface area contributed by atoms with Crippen LogP contribution in [0.25, 0.3) is 0 Å². The maximum Gasteiger partial charge on any atom is 0.328 e. The molecule has 0 aromatic carbocycles. The van der Waals surface area contributed by atoms with Crippen LogP contribution < -0.4 is 10.6 Å². The van der Waals surface area contributed by atoms with Gasteiger partial charge in [0.05, 0.1) is 13.2 Å². The van der Waals surface area contributed by atoms with E-state index in [2.05, 4.69) is 26.8 Å². The van der Waals surface area contributed by atoms with Crippen LogP contribution in [0.15, 0.2) is 18.0 Å². The summed E-state index contributed by atoms with van der Waals surface area (Å²) in [6.45, 7) is 6.95. The van der Waals surface area contributed by atoms with Crippen molar-refractivity contribution in [3.8, 4) is 0 Å². The first-order valence-electron chi connectivity index (χ1n) is 7.73. The molecule has 0 bridgehead atoms. The third kappa shape index (κ3) is 6.37. The van der Waals surface area contributed by atoms with Gasteiger partial charge in [-0.25, -0.2) is 14.5 Å². The Hall–Kier alpha value is -2.42. The summed E-state index contributed by atoms with van der Waals surface area (Å²) in [7, 11) is 0. The number of hydrogen-bond acceptors (Lipinski definition) is 6. The zero-order chi connectivity index (χ0) is 17.6. The first kappa shape index (κ1) is 17.9. The lowest BCUT2D eigenvalue weighted by atomic mass is 10.2. The Morgan fingerprint density at radius 2 is 2.21 bits per heavy atom. The molecule has 2 heterocycles. The van der Waals surface area contributed by atoms with Crippen LogP contribution >= 0.6 is 0 Å². The van der Waals surface area contributed by atoms with E-state index in [0.29, 0.717) is 19.8 Å². The van der Waals surface area contributed by atoms with Gasteiger partial charge in [-0.05, 0) is 32.8 Å². The quantitative estimate of drug-likeness (QED) is 0.615. The van der Waals surface area contributed by atoms with E-state index in [9.17, 15) is 9.59 Å². The van der Waals surface area contributed by atoms with Crippen molar-refractivity contribution < 1.29 is 19.1 Å². The summed E-state index contributed by atoms with van der Waals surface area (Å²) < 4.78 is 11.8. The Balaban J connectivity index is 1.77. The standard InChI is InChI=1S/C15H23N5O4/c1-15(2,3)24-12(21)8-20-10-17-13(19-20)18-14(22)16-7-11-5-4-6-23-9-11/h5,10H,4,6-9H2,1-3H3,(H2,16,18,19,22). The Kier molecular flexibility index (Phi) is 5.91. The van der Waals surface area contributed by atoms with Gasteiger partial charge in [0.1, 0.15) is 18.5 Å². The predicted octanol–water partition coefficient (Wildman–Crippen LogP) is 1.09. The second-order valence-electron chi connectivity index (χ2n) is 6.36. The van der Waals surface area contributed by atoms with Gasteiger partial charge in [0, 0.05) is 6.54 Å². The van der Waals surface area contributed by atoms with Crippen molar-refractivity contribution >= 4 is 17.9 Å². The van der Waals surface area contributed by atoms with Crippen molar-refractivity contribution in [1.29, 1.82) is 0 Å². The summed E-state index contributed by atoms with van der Waals surface area (Å²) in [4.78, 5) is 27.4. The lowest BCUT2D eigenvalue weighted by Crippen LogP contribution is -2.32. The molecule has 1 aliphatic heterocycles. The van der Waals surface area contributed by atoms with Crippen molar-refractivity contribution in [2.24, 2.45) is 0 Å². The zero-order valence-electron chi connectivity index (χ0n) is 14.2. The molecule has 9 heteroatoms. The molecule has 2 rings (SSSR count). The first-order valence-corrected chi connectivity index (χ1v) is 7.73. The number of esters is 1. The maximum absolute atomic E-state index is 11.8. The van der Waals surface area contributed by atoms with E-state index in [1.54, 1.807) is 20.8 Å². The highest BCUT2D eigenvalue weighted by molar-refractivity contribution is 5.87. The van der Waals surface area contributed by atoms with Crippen LogP contribution in [-0.2, 0) is 20.8 Å². The van der Waals surface area contributed by atoms with E-state index in [1.165, 1.54) is 11.0 Å². The molecule has 0 spiro atoms. The second kappa shape index (κ2) is 7.91. The summed E-state index contributed by atoms with van der Waals surface area (Å²) >= 11 is 0. The number of hydrogen-bond donors (Lipinski definition) is 2. The predicted molar refractivity (Wildman–Crippen MR) is 86.4 cm³/mol. The Morgan fingerprint density at radius 3 is 2.88 bits per heavy atom. The fraction of sp³-hybridized carbons (Fsp3) is 0.600. The van der Waals surface area contributed by atoms with E-state index in [0.717, 1.165) is 12.0 Å². The van der Waals surface area contributed by atoms with Crippen molar-refractivity contribution in [2.75, 3.05) is 25.1 Å². The number of aromatic nitrogens is 3. The lowest BCUT2D eigenvalue weighted by Gasteiger charge is -2.19. The third-order valence-corrected chi connectivity index (χ3v) is 2.93. The molecule has 0 saturated heterocycles. The van der Waals surface area contributed by atoms with Gasteiger partial charge in [0.2, 0.25) is 5.95 Å². The lowest BCUT2D eigenvalue weighted by molar-refractivity contribution is -0.155. The highest BCUT2D eigenvalue weighted by atomic mass is 16.6. The summed E-state index contributed by atoms with van der Waals surface area (Å²) in [6.07, 6.45) is 4.27. The van der Waals surface area contributed by atoms with Gasteiger partial charge >= 0.3 is 12.0 Å². The average Bonchev–Trinajstić information content (AvgIpc) is 2.91. The smallest absolute Gasteiger partial charge is 0.328 e. The molecule has 0 radical (unpaired) electrons. The topological polar surface area (TPSA) is 107 Å². The molecule has 1 aromatic rings. The number of urea groups is 1. The monoisotopic (exact) mass is 337 g/mol. The number of carbonyl (C=O) groups is 2. The molecular weight excluding hydrogens is 314 g/mol. The van der Waals surface area contributed by atoms with Crippen molar-refractivity contribution in [3.63, 3.8) is 0 Å². The van der Waals surface area contributed by atoms with Crippen LogP contribution in [0.2, 0.25) is 0 Å². The van der Waals surface area contributed by atoms with Crippen LogP contribution in [0.4, 0.5) is 10.7 Å². The van der Waals surface area contributed by atoms with Crippen LogP contribution in [0.5, 0.6) is 0 Å². The van der Waals surface area contributed by atoms with Gasteiger partial charge in [-0.15, -0.1) is 5.10 Å². The van der Waals surface area contributed by atoms with Crippen LogP contribution in [0.1, 0.15) is 27.2 Å². The summed E-state index contributed by atoms with van der Waals surface area (Å²) in [6, 6.07) is -0.420. The van der Waals surface area contributed by atoms with Crippen molar-refractivity contribution in [1.82, 2.24) is 20.1 Å². The van der Waals surface area contributed by atoms with E-state index in [1.807, 2.05) is 0 Å². The average molecular weight is 337 g/mol. The molecule has 0 atom stereocenters. The van der Waals surface area contributed by atoms with Crippen molar-refractivity contribution in [2.45, 2.75) is 39.3 Å². The van der Waals surface area contributed by atoms with E-state index >= 15 is 0 Å². The number of rotatable bonds is 5. The fourth-order valence-corrected chi connectivity index (χ4v) is 2.01. The fourth-order valence-electron chi connectivity index (χ4n) is 2.01. The maximum atomic E-state index is 11.8. The number of nitrogens with zero attached hydrogens (tertiary/aromatic N) is 3. The zero-order valence-corrected chi connectivity index (χ0v) is 14.2. The molecule has 1 aliphatic rings. The third-order valence-electron chi connectivity index (χ3n) is 2.93. The van der Waals surface area contributed by atoms with Gasteiger partial charge in [0.15, 0.2) is 0 Å².